The van der Waals surface area contributed by atoms with Crippen molar-refractivity contribution in [3.63, 3.8) is 0 Å². The molecule has 0 N–H and O–H groups in total. The summed E-state index contributed by atoms with van der Waals surface area (Å²) in [5.41, 5.74) is 10.1. The van der Waals surface area contributed by atoms with Crippen LogP contribution < -0.4 is 4.57 Å². The molecule has 0 fully saturated rings. The molecule has 1 heteroatoms. The Morgan fingerprint density at radius 1 is 0.885 bits per heavy atom. The van der Waals surface area contributed by atoms with E-state index in [1.807, 2.05) is 0 Å². The quantitative estimate of drug-likeness (QED) is 0.463. The molecule has 0 aliphatic carbocycles. The summed E-state index contributed by atoms with van der Waals surface area (Å²) in [6, 6.07) is 9.70. The number of pyridine rings is 1. The van der Waals surface area contributed by atoms with Crippen LogP contribution in [-0.2, 0) is 12.5 Å². The highest BCUT2D eigenvalue weighted by atomic mass is 14.9. The molecule has 1 aromatic heterocycles. The van der Waals surface area contributed by atoms with Gasteiger partial charge in [-0.05, 0) is 78.9 Å². The minimum atomic E-state index is 0.0622. The van der Waals surface area contributed by atoms with Crippen LogP contribution in [0.15, 0.2) is 30.3 Å². The van der Waals surface area contributed by atoms with Gasteiger partial charge in [0.2, 0.25) is 5.69 Å². The summed E-state index contributed by atoms with van der Waals surface area (Å²) in [7, 11) is 2.09. The van der Waals surface area contributed by atoms with Crippen molar-refractivity contribution in [1.29, 1.82) is 0 Å². The Balaban J connectivity index is 2.53. The molecule has 0 amide bonds. The van der Waals surface area contributed by atoms with Gasteiger partial charge in [-0.2, -0.15) is 4.57 Å². The van der Waals surface area contributed by atoms with E-state index in [0.717, 1.165) is 11.1 Å². The topological polar surface area (TPSA) is 3.88 Å². The van der Waals surface area contributed by atoms with Crippen molar-refractivity contribution in [2.45, 2.75) is 60.8 Å². The second-order valence-corrected chi connectivity index (χ2v) is 8.84. The first-order chi connectivity index (χ1) is 12.4. The van der Waals surface area contributed by atoms with Gasteiger partial charge < -0.3 is 0 Å². The maximum absolute atomic E-state index is 8.78. The fourth-order valence-electron chi connectivity index (χ4n) is 4.05. The van der Waals surface area contributed by atoms with Crippen molar-refractivity contribution in [1.82, 2.24) is 0 Å². The van der Waals surface area contributed by atoms with Gasteiger partial charge in [0.1, 0.15) is 7.05 Å². The van der Waals surface area contributed by atoms with Gasteiger partial charge in [0, 0.05) is 13.0 Å². The second-order valence-electron chi connectivity index (χ2n) is 8.84. The second kappa shape index (κ2) is 6.23. The van der Waals surface area contributed by atoms with E-state index in [0.29, 0.717) is 6.04 Å². The average molecular weight is 348 g/mol. The lowest BCUT2D eigenvalue weighted by Crippen LogP contribution is -2.35. The van der Waals surface area contributed by atoms with Crippen LogP contribution in [0.3, 0.4) is 0 Å². The van der Waals surface area contributed by atoms with Crippen molar-refractivity contribution in [2.75, 3.05) is 0 Å². The minimum Gasteiger partial charge on any atom is -0.198 e. The third kappa shape index (κ3) is 3.05. The molecule has 1 nitrogen and oxygen atoms in total. The molecule has 136 valence electrons. The van der Waals surface area contributed by atoms with Gasteiger partial charge in [0.05, 0.1) is 12.3 Å². The molecule has 0 spiro atoms. The predicted molar refractivity (Wildman–Crippen MR) is 113 cm³/mol. The number of benzene rings is 2. The van der Waals surface area contributed by atoms with Crippen LogP contribution in [0.25, 0.3) is 22.0 Å². The first kappa shape index (κ1) is 17.3. The molecular weight excluding hydrogens is 314 g/mol. The van der Waals surface area contributed by atoms with E-state index >= 15 is 0 Å². The summed E-state index contributed by atoms with van der Waals surface area (Å²) >= 11 is 0. The van der Waals surface area contributed by atoms with Gasteiger partial charge in [-0.15, -0.1) is 0 Å². The number of fused-ring (bicyclic) bond motifs is 1. The highest BCUT2D eigenvalue weighted by molar-refractivity contribution is 5.95. The van der Waals surface area contributed by atoms with Crippen LogP contribution in [0.5, 0.6) is 0 Å². The maximum Gasteiger partial charge on any atom is 0.220 e. The molecule has 3 aromatic rings. The van der Waals surface area contributed by atoms with Crippen LogP contribution in [0.2, 0.25) is 0 Å². The van der Waals surface area contributed by atoms with Gasteiger partial charge in [0.15, 0.2) is 5.69 Å². The summed E-state index contributed by atoms with van der Waals surface area (Å²) in [4.78, 5) is 0. The fourth-order valence-corrected chi connectivity index (χ4v) is 4.05. The average Bonchev–Trinajstić information content (AvgIpc) is 2.55. The molecule has 0 unspecified atom stereocenters. The molecule has 1 heterocycles. The molecule has 0 saturated heterocycles. The van der Waals surface area contributed by atoms with Crippen LogP contribution in [-0.4, -0.2) is 0 Å². The Morgan fingerprint density at radius 2 is 1.54 bits per heavy atom. The zero-order chi connectivity index (χ0) is 20.3. The normalized spacial score (nSPS) is 12.6. The van der Waals surface area contributed by atoms with Gasteiger partial charge in [0.25, 0.3) is 0 Å². The van der Waals surface area contributed by atoms with Crippen molar-refractivity contribution in [3.8, 4) is 11.3 Å². The molecule has 0 atom stereocenters. The van der Waals surface area contributed by atoms with E-state index in [-0.39, 0.29) is 5.41 Å². The number of hydrogen-bond donors (Lipinski definition) is 0. The highest BCUT2D eigenvalue weighted by Gasteiger charge is 2.24. The SMILES string of the molecule is [2H]c1c(C)[n+](C)c(-c2cc(C)cc(C)c2C)c2cc(C)c(C(C)(C)C)cc12. The molecule has 0 aliphatic heterocycles. The number of hydrogen-bond acceptors (Lipinski definition) is 0. The van der Waals surface area contributed by atoms with Crippen molar-refractivity contribution in [2.24, 2.45) is 7.05 Å². The lowest BCUT2D eigenvalue weighted by atomic mass is 9.82. The van der Waals surface area contributed by atoms with E-state index in [2.05, 4.69) is 91.3 Å². The molecular formula is C25H32N+. The highest BCUT2D eigenvalue weighted by Crippen LogP contribution is 2.35. The largest absolute Gasteiger partial charge is 0.220 e. The number of aromatic nitrogens is 1. The Kier molecular flexibility index (Phi) is 4.14. The van der Waals surface area contributed by atoms with Gasteiger partial charge >= 0.3 is 0 Å². The summed E-state index contributed by atoms with van der Waals surface area (Å²) in [6.07, 6.45) is 0. The molecule has 0 aliphatic rings. The van der Waals surface area contributed by atoms with E-state index in [4.69, 9.17) is 1.37 Å². The zero-order valence-corrected chi connectivity index (χ0v) is 17.8. The Morgan fingerprint density at radius 3 is 2.15 bits per heavy atom. The molecule has 0 bridgehead atoms. The molecule has 26 heavy (non-hydrogen) atoms. The smallest absolute Gasteiger partial charge is 0.198 e. The molecule has 3 rings (SSSR count). The molecule has 0 saturated carbocycles. The van der Waals surface area contributed by atoms with Crippen LogP contribution in [0.4, 0.5) is 0 Å². The van der Waals surface area contributed by atoms with E-state index in [1.54, 1.807) is 0 Å². The fraction of sp³-hybridized carbons (Fsp3) is 0.400. The molecule has 0 radical (unpaired) electrons. The van der Waals surface area contributed by atoms with Crippen molar-refractivity contribution >= 4 is 10.8 Å². The van der Waals surface area contributed by atoms with Gasteiger partial charge in [-0.1, -0.05) is 32.4 Å². The Labute approximate surface area is 160 Å². The maximum atomic E-state index is 8.78. The molecule has 2 aromatic carbocycles. The van der Waals surface area contributed by atoms with E-state index < -0.39 is 0 Å². The Bertz CT molecular complexity index is 1070. The van der Waals surface area contributed by atoms with Crippen molar-refractivity contribution in [3.05, 3.63) is 63.8 Å². The third-order valence-electron chi connectivity index (χ3n) is 5.65. The van der Waals surface area contributed by atoms with Gasteiger partial charge in [-0.25, -0.2) is 0 Å². The summed E-state index contributed by atoms with van der Waals surface area (Å²) in [6.45, 7) is 17.5. The lowest BCUT2D eigenvalue weighted by Gasteiger charge is -2.23. The summed E-state index contributed by atoms with van der Waals surface area (Å²) in [5.74, 6) is 0. The number of nitrogens with zero attached hydrogens (tertiary/aromatic N) is 1. The summed E-state index contributed by atoms with van der Waals surface area (Å²) in [5, 5.41) is 2.22. The first-order valence-electron chi connectivity index (χ1n) is 9.95. The van der Waals surface area contributed by atoms with E-state index in [9.17, 15) is 0 Å². The predicted octanol–water partition coefficient (Wildman–Crippen LogP) is 6.17. The standard InChI is InChI=1S/C25H32N/c1-15-10-16(2)19(5)21(11-15)24-22-12-17(3)23(25(6,7)8)14-20(22)13-18(4)26(24)9/h10-14H,1-9H3/q+1/i13D. The first-order valence-corrected chi connectivity index (χ1v) is 9.45. The minimum absolute atomic E-state index is 0.0622. The number of aryl methyl sites for hydroxylation is 3. The van der Waals surface area contributed by atoms with Crippen LogP contribution >= 0.6 is 0 Å². The number of rotatable bonds is 1. The van der Waals surface area contributed by atoms with Crippen LogP contribution in [0, 0.1) is 34.6 Å². The monoisotopic (exact) mass is 347 g/mol. The summed E-state index contributed by atoms with van der Waals surface area (Å²) < 4.78 is 11.0. The zero-order valence-electron chi connectivity index (χ0n) is 18.8. The van der Waals surface area contributed by atoms with E-state index in [1.165, 1.54) is 44.5 Å². The lowest BCUT2D eigenvalue weighted by molar-refractivity contribution is -0.665. The van der Waals surface area contributed by atoms with Crippen molar-refractivity contribution < 1.29 is 5.94 Å². The third-order valence-corrected chi connectivity index (χ3v) is 5.65. The Hall–Kier alpha value is -2.15. The van der Waals surface area contributed by atoms with Crippen LogP contribution in [0.1, 0.15) is 55.7 Å². The van der Waals surface area contributed by atoms with Gasteiger partial charge in [-0.3, -0.25) is 0 Å².